The van der Waals surface area contributed by atoms with Gasteiger partial charge < -0.3 is 24.3 Å². The third-order valence-electron chi connectivity index (χ3n) is 4.18. The Hall–Kier alpha value is -4.25. The van der Waals surface area contributed by atoms with E-state index in [0.717, 1.165) is 0 Å². The zero-order valence-corrected chi connectivity index (χ0v) is 17.0. The minimum Gasteiger partial charge on any atom is -0.493 e. The number of nitrogens with one attached hydrogen (secondary N) is 1. The summed E-state index contributed by atoms with van der Waals surface area (Å²) in [5.41, 5.74) is 1.01. The van der Waals surface area contributed by atoms with Crippen LogP contribution in [0.5, 0.6) is 11.5 Å². The van der Waals surface area contributed by atoms with Crippen molar-refractivity contribution in [2.24, 2.45) is 0 Å². The van der Waals surface area contributed by atoms with E-state index < -0.39 is 11.8 Å². The number of hydrogen-bond donors (Lipinski definition) is 1. The van der Waals surface area contributed by atoms with Crippen LogP contribution in [0.15, 0.2) is 65.7 Å². The highest BCUT2D eigenvalue weighted by Crippen LogP contribution is 2.32. The third-order valence-corrected chi connectivity index (χ3v) is 4.18. The van der Waals surface area contributed by atoms with Crippen molar-refractivity contribution >= 4 is 23.5 Å². The lowest BCUT2D eigenvalue weighted by molar-refractivity contribution is -0.139. The molecule has 1 N–H and O–H groups in total. The van der Waals surface area contributed by atoms with Crippen LogP contribution in [0.1, 0.15) is 12.5 Å². The molecule has 0 spiro atoms. The molecule has 1 aliphatic rings. The van der Waals surface area contributed by atoms with Crippen molar-refractivity contribution in [3.63, 3.8) is 0 Å². The summed E-state index contributed by atoms with van der Waals surface area (Å²) in [6.45, 7) is 1.65. The van der Waals surface area contributed by atoms with E-state index in [1.165, 1.54) is 13.2 Å². The van der Waals surface area contributed by atoms with Gasteiger partial charge in [0.15, 0.2) is 29.4 Å². The van der Waals surface area contributed by atoms with Crippen LogP contribution < -0.4 is 14.8 Å². The van der Waals surface area contributed by atoms with Crippen molar-refractivity contribution in [1.29, 1.82) is 5.26 Å². The van der Waals surface area contributed by atoms with Gasteiger partial charge in [-0.3, -0.25) is 4.79 Å². The maximum absolute atomic E-state index is 12.9. The number of ether oxygens (including phenoxy) is 4. The largest absolute Gasteiger partial charge is 0.493 e. The van der Waals surface area contributed by atoms with Gasteiger partial charge in [-0.2, -0.15) is 5.26 Å². The third kappa shape index (κ3) is 5.03. The molecule has 0 unspecified atom stereocenters. The van der Waals surface area contributed by atoms with E-state index in [0.29, 0.717) is 22.7 Å². The Bertz CT molecular complexity index is 1080. The molecule has 0 fully saturated rings. The predicted molar refractivity (Wildman–Crippen MR) is 112 cm³/mol. The van der Waals surface area contributed by atoms with Gasteiger partial charge in [-0.15, -0.1) is 0 Å². The fourth-order valence-electron chi connectivity index (χ4n) is 2.81. The Morgan fingerprint density at radius 2 is 1.97 bits per heavy atom. The number of nitrogens with zero attached hydrogens (tertiary/aromatic N) is 1. The number of Topliss-reactive ketones (excluding diaryl/α,β-unsaturated/α-hetero) is 1. The summed E-state index contributed by atoms with van der Waals surface area (Å²) < 4.78 is 21.3. The van der Waals surface area contributed by atoms with Gasteiger partial charge in [0.05, 0.1) is 13.7 Å². The molecular formula is C23H20N2O6. The van der Waals surface area contributed by atoms with Crippen molar-refractivity contribution in [1.82, 2.24) is 0 Å². The number of esters is 1. The number of para-hydroxylation sites is 1. The van der Waals surface area contributed by atoms with E-state index in [1.807, 2.05) is 24.3 Å². The first-order valence-corrected chi connectivity index (χ1v) is 9.42. The zero-order chi connectivity index (χ0) is 22.2. The molecule has 158 valence electrons. The highest BCUT2D eigenvalue weighted by molar-refractivity contribution is 6.26. The molecule has 0 aromatic heterocycles. The molecule has 8 heteroatoms. The van der Waals surface area contributed by atoms with Gasteiger partial charge in [0.1, 0.15) is 6.07 Å². The highest BCUT2D eigenvalue weighted by Gasteiger charge is 2.37. The van der Waals surface area contributed by atoms with E-state index >= 15 is 0 Å². The number of benzene rings is 2. The van der Waals surface area contributed by atoms with Crippen LogP contribution >= 0.6 is 0 Å². The quantitative estimate of drug-likeness (QED) is 0.393. The van der Waals surface area contributed by atoms with E-state index in [1.54, 1.807) is 37.3 Å². The molecule has 0 bridgehead atoms. The van der Waals surface area contributed by atoms with Gasteiger partial charge in [-0.05, 0) is 42.8 Å². The smallest absolute Gasteiger partial charge is 0.347 e. The number of methoxy groups -OCH3 is 1. The number of rotatable bonds is 8. The molecule has 1 heterocycles. The van der Waals surface area contributed by atoms with Gasteiger partial charge in [0.25, 0.3) is 0 Å². The Balaban J connectivity index is 1.91. The van der Waals surface area contributed by atoms with E-state index in [9.17, 15) is 9.59 Å². The number of nitriles is 1. The molecule has 31 heavy (non-hydrogen) atoms. The summed E-state index contributed by atoms with van der Waals surface area (Å²) in [5, 5.41) is 11.6. The van der Waals surface area contributed by atoms with Crippen molar-refractivity contribution in [3.8, 4) is 17.6 Å². The number of ketones is 1. The van der Waals surface area contributed by atoms with E-state index in [4.69, 9.17) is 24.2 Å². The second kappa shape index (κ2) is 9.98. The Morgan fingerprint density at radius 3 is 2.65 bits per heavy atom. The van der Waals surface area contributed by atoms with Crippen molar-refractivity contribution < 1.29 is 28.5 Å². The second-order valence-corrected chi connectivity index (χ2v) is 6.21. The number of carbonyl (C=O) groups is 2. The van der Waals surface area contributed by atoms with E-state index in [-0.39, 0.29) is 30.4 Å². The maximum atomic E-state index is 12.9. The lowest BCUT2D eigenvalue weighted by Gasteiger charge is -2.10. The molecule has 0 atom stereocenters. The van der Waals surface area contributed by atoms with Crippen LogP contribution in [0.3, 0.4) is 0 Å². The molecule has 0 radical (unpaired) electrons. The molecule has 2 aromatic rings. The summed E-state index contributed by atoms with van der Waals surface area (Å²) >= 11 is 0. The average Bonchev–Trinajstić information content (AvgIpc) is 3.08. The van der Waals surface area contributed by atoms with Gasteiger partial charge >= 0.3 is 5.97 Å². The first-order chi connectivity index (χ1) is 15.1. The molecule has 2 aromatic carbocycles. The zero-order valence-electron chi connectivity index (χ0n) is 17.0. The maximum Gasteiger partial charge on any atom is 0.347 e. The number of carbonyl (C=O) groups excluding carboxylic acids is 2. The normalized spacial score (nSPS) is 14.1. The molecular weight excluding hydrogens is 400 g/mol. The highest BCUT2D eigenvalue weighted by atomic mass is 16.5. The first-order valence-electron chi connectivity index (χ1n) is 9.42. The molecule has 0 saturated carbocycles. The lowest BCUT2D eigenvalue weighted by atomic mass is 10.1. The van der Waals surface area contributed by atoms with Gasteiger partial charge in [0.2, 0.25) is 11.7 Å². The van der Waals surface area contributed by atoms with Crippen LogP contribution in [0, 0.1) is 11.3 Å². The van der Waals surface area contributed by atoms with Crippen molar-refractivity contribution in [3.05, 3.63) is 71.3 Å². The van der Waals surface area contributed by atoms with Crippen LogP contribution in [-0.4, -0.2) is 32.1 Å². The number of allylic oxidation sites excluding steroid dienone is 1. The fraction of sp³-hybridized carbons (Fsp3) is 0.174. The molecule has 1 aliphatic heterocycles. The van der Waals surface area contributed by atoms with Crippen LogP contribution in [0.25, 0.3) is 6.08 Å². The topological polar surface area (TPSA) is 107 Å². The molecule has 8 nitrogen and oxygen atoms in total. The standard InChI is InChI=1S/C23H20N2O6/c1-3-29-23(27)20-21(26)19(31-22(20)25-16-7-5-4-6-8-16)14-15-9-10-17(30-12-11-24)18(13-15)28-2/h4-10,13-14,25H,3,12H2,1-2H3/b19-14-. The fourth-order valence-corrected chi connectivity index (χ4v) is 2.81. The van der Waals surface area contributed by atoms with E-state index in [2.05, 4.69) is 5.32 Å². The second-order valence-electron chi connectivity index (χ2n) is 6.21. The minimum absolute atomic E-state index is 0.00170. The Morgan fingerprint density at radius 1 is 1.19 bits per heavy atom. The molecule has 3 rings (SSSR count). The van der Waals surface area contributed by atoms with Crippen molar-refractivity contribution in [2.75, 3.05) is 25.6 Å². The van der Waals surface area contributed by atoms with Gasteiger partial charge in [-0.25, -0.2) is 4.79 Å². The van der Waals surface area contributed by atoms with Gasteiger partial charge in [-0.1, -0.05) is 24.3 Å². The molecule has 0 aliphatic carbocycles. The molecule has 0 amide bonds. The summed E-state index contributed by atoms with van der Waals surface area (Å²) in [7, 11) is 1.46. The molecule has 0 saturated heterocycles. The Labute approximate surface area is 179 Å². The summed E-state index contributed by atoms with van der Waals surface area (Å²) in [6.07, 6.45) is 1.48. The van der Waals surface area contributed by atoms with Crippen LogP contribution in [0.2, 0.25) is 0 Å². The minimum atomic E-state index is -0.771. The van der Waals surface area contributed by atoms with Gasteiger partial charge in [0, 0.05) is 5.69 Å². The monoisotopic (exact) mass is 420 g/mol. The summed E-state index contributed by atoms with van der Waals surface area (Å²) in [6, 6.07) is 15.8. The predicted octanol–water partition coefficient (Wildman–Crippen LogP) is 3.42. The SMILES string of the molecule is CCOC(=O)C1=C(Nc2ccccc2)O/C(=C\c2ccc(OCC#N)c(OC)c2)C1=O. The lowest BCUT2D eigenvalue weighted by Crippen LogP contribution is -2.16. The first kappa shape index (κ1) is 21.5. The van der Waals surface area contributed by atoms with Crippen LogP contribution in [-0.2, 0) is 19.1 Å². The average molecular weight is 420 g/mol. The summed E-state index contributed by atoms with van der Waals surface area (Å²) in [5.74, 6) is -0.637. The van der Waals surface area contributed by atoms with Crippen molar-refractivity contribution in [2.45, 2.75) is 6.92 Å². The van der Waals surface area contributed by atoms with Crippen LogP contribution in [0.4, 0.5) is 5.69 Å². The Kier molecular flexibility index (Phi) is 6.91. The summed E-state index contributed by atoms with van der Waals surface area (Å²) in [4.78, 5) is 25.3. The number of anilines is 1. The number of hydrogen-bond acceptors (Lipinski definition) is 8.